The van der Waals surface area contributed by atoms with Crippen molar-refractivity contribution < 1.29 is 0 Å². The molecule has 0 amide bonds. The fourth-order valence-corrected chi connectivity index (χ4v) is 4.06. The van der Waals surface area contributed by atoms with Gasteiger partial charge < -0.3 is 5.32 Å². The molecule has 112 valence electrons. The van der Waals surface area contributed by atoms with Crippen molar-refractivity contribution in [1.82, 2.24) is 10.2 Å². The topological polar surface area (TPSA) is 15.3 Å². The molecule has 1 aliphatic heterocycles. The number of nitrogens with one attached hydrogen (secondary N) is 1. The Morgan fingerprint density at radius 1 is 1.19 bits per heavy atom. The van der Waals surface area contributed by atoms with E-state index in [1.807, 2.05) is 18.4 Å². The number of hydrogen-bond acceptors (Lipinski definition) is 3. The highest BCUT2D eigenvalue weighted by Crippen LogP contribution is 2.33. The van der Waals surface area contributed by atoms with E-state index in [9.17, 15) is 0 Å². The highest BCUT2D eigenvalue weighted by molar-refractivity contribution is 7.10. The minimum absolute atomic E-state index is 0.545. The predicted octanol–water partition coefficient (Wildman–Crippen LogP) is 3.63. The lowest BCUT2D eigenvalue weighted by atomic mass is 10.0. The van der Waals surface area contributed by atoms with Crippen molar-refractivity contribution in [3.63, 3.8) is 0 Å². The zero-order valence-corrected chi connectivity index (χ0v) is 13.7. The van der Waals surface area contributed by atoms with Gasteiger partial charge in [0.05, 0.1) is 0 Å². The quantitative estimate of drug-likeness (QED) is 0.907. The SMILES string of the molecule is CNCCc1ccc(CN2CCc3sccc3C2C)cc1. The van der Waals surface area contributed by atoms with Crippen LogP contribution in [-0.4, -0.2) is 25.0 Å². The minimum atomic E-state index is 0.545. The Morgan fingerprint density at radius 2 is 1.95 bits per heavy atom. The van der Waals surface area contributed by atoms with Crippen LogP contribution in [0.25, 0.3) is 0 Å². The van der Waals surface area contributed by atoms with Gasteiger partial charge in [0.2, 0.25) is 0 Å². The van der Waals surface area contributed by atoms with Gasteiger partial charge in [0.25, 0.3) is 0 Å². The van der Waals surface area contributed by atoms with Crippen molar-refractivity contribution in [2.45, 2.75) is 32.4 Å². The molecule has 3 heteroatoms. The van der Waals surface area contributed by atoms with E-state index in [1.165, 1.54) is 29.7 Å². The van der Waals surface area contributed by atoms with Crippen molar-refractivity contribution in [2.24, 2.45) is 0 Å². The Morgan fingerprint density at radius 3 is 2.71 bits per heavy atom. The van der Waals surface area contributed by atoms with Gasteiger partial charge in [-0.1, -0.05) is 24.3 Å². The van der Waals surface area contributed by atoms with Crippen molar-refractivity contribution in [2.75, 3.05) is 20.1 Å². The lowest BCUT2D eigenvalue weighted by Crippen LogP contribution is -2.32. The lowest BCUT2D eigenvalue weighted by molar-refractivity contribution is 0.191. The molecule has 0 saturated carbocycles. The van der Waals surface area contributed by atoms with Gasteiger partial charge in [-0.2, -0.15) is 0 Å². The molecule has 1 aliphatic rings. The van der Waals surface area contributed by atoms with Crippen LogP contribution in [0.2, 0.25) is 0 Å². The van der Waals surface area contributed by atoms with Crippen molar-refractivity contribution in [3.8, 4) is 0 Å². The molecule has 0 saturated heterocycles. The first-order valence-electron chi connectivity index (χ1n) is 7.80. The van der Waals surface area contributed by atoms with Gasteiger partial charge in [0.15, 0.2) is 0 Å². The fraction of sp³-hybridized carbons (Fsp3) is 0.444. The monoisotopic (exact) mass is 300 g/mol. The second-order valence-electron chi connectivity index (χ2n) is 5.87. The van der Waals surface area contributed by atoms with E-state index in [1.54, 1.807) is 4.88 Å². The van der Waals surface area contributed by atoms with Crippen LogP contribution in [0, 0.1) is 0 Å². The Balaban J connectivity index is 1.64. The summed E-state index contributed by atoms with van der Waals surface area (Å²) in [5, 5.41) is 5.44. The highest BCUT2D eigenvalue weighted by atomic mass is 32.1. The zero-order chi connectivity index (χ0) is 14.7. The first kappa shape index (κ1) is 14.8. The number of likely N-dealkylation sites (N-methyl/N-ethyl adjacent to an activating group) is 1. The Bertz CT molecular complexity index is 573. The smallest absolute Gasteiger partial charge is 0.0334 e. The maximum Gasteiger partial charge on any atom is 0.0334 e. The standard InChI is InChI=1S/C18H24N2S/c1-14-17-9-12-21-18(17)8-11-20(14)13-16-5-3-15(4-6-16)7-10-19-2/h3-6,9,12,14,19H,7-8,10-11,13H2,1-2H3. The average Bonchev–Trinajstić information content (AvgIpc) is 2.99. The molecule has 1 atom stereocenters. The summed E-state index contributed by atoms with van der Waals surface area (Å²) in [4.78, 5) is 4.18. The second kappa shape index (κ2) is 6.73. The first-order valence-corrected chi connectivity index (χ1v) is 8.68. The number of nitrogens with zero attached hydrogens (tertiary/aromatic N) is 1. The summed E-state index contributed by atoms with van der Waals surface area (Å²) < 4.78 is 0. The van der Waals surface area contributed by atoms with Crippen LogP contribution in [-0.2, 0) is 19.4 Å². The molecular weight excluding hydrogens is 276 g/mol. The number of hydrogen-bond donors (Lipinski definition) is 1. The molecule has 2 nitrogen and oxygen atoms in total. The number of rotatable bonds is 5. The van der Waals surface area contributed by atoms with Gasteiger partial charge in [-0.15, -0.1) is 11.3 Å². The molecule has 0 aliphatic carbocycles. The van der Waals surface area contributed by atoms with Crippen molar-refractivity contribution >= 4 is 11.3 Å². The summed E-state index contributed by atoms with van der Waals surface area (Å²) in [5.74, 6) is 0. The molecule has 1 aromatic heterocycles. The molecule has 1 aromatic carbocycles. The molecule has 0 radical (unpaired) electrons. The number of thiophene rings is 1. The van der Waals surface area contributed by atoms with E-state index in [-0.39, 0.29) is 0 Å². The summed E-state index contributed by atoms with van der Waals surface area (Å²) in [5.41, 5.74) is 4.38. The van der Waals surface area contributed by atoms with Crippen LogP contribution in [0.1, 0.15) is 34.5 Å². The summed E-state index contributed by atoms with van der Waals surface area (Å²) in [6, 6.07) is 12.0. The summed E-state index contributed by atoms with van der Waals surface area (Å²) in [7, 11) is 2.00. The van der Waals surface area contributed by atoms with Gasteiger partial charge >= 0.3 is 0 Å². The molecule has 0 fully saturated rings. The molecule has 3 rings (SSSR count). The van der Waals surface area contributed by atoms with E-state index in [0.717, 1.165) is 19.5 Å². The van der Waals surface area contributed by atoms with Crippen molar-refractivity contribution in [1.29, 1.82) is 0 Å². The largest absolute Gasteiger partial charge is 0.319 e. The van der Waals surface area contributed by atoms with Crippen LogP contribution in [0.4, 0.5) is 0 Å². The third-order valence-electron chi connectivity index (χ3n) is 4.48. The molecule has 2 heterocycles. The molecular formula is C18H24N2S. The Kier molecular flexibility index (Phi) is 4.73. The number of fused-ring (bicyclic) bond motifs is 1. The second-order valence-corrected chi connectivity index (χ2v) is 6.87. The van der Waals surface area contributed by atoms with Crippen LogP contribution in [0.5, 0.6) is 0 Å². The number of benzene rings is 1. The maximum atomic E-state index is 3.20. The maximum absolute atomic E-state index is 3.20. The van der Waals surface area contributed by atoms with Crippen LogP contribution in [0.3, 0.4) is 0 Å². The minimum Gasteiger partial charge on any atom is -0.319 e. The van der Waals surface area contributed by atoms with Gasteiger partial charge in [-0.3, -0.25) is 4.90 Å². The first-order chi connectivity index (χ1) is 10.3. The van der Waals surface area contributed by atoms with Crippen molar-refractivity contribution in [3.05, 3.63) is 57.3 Å². The van der Waals surface area contributed by atoms with E-state index >= 15 is 0 Å². The molecule has 0 bridgehead atoms. The van der Waals surface area contributed by atoms with E-state index in [2.05, 4.69) is 52.9 Å². The summed E-state index contributed by atoms with van der Waals surface area (Å²) in [6.07, 6.45) is 2.31. The molecule has 21 heavy (non-hydrogen) atoms. The van der Waals surface area contributed by atoms with Gasteiger partial charge in [-0.25, -0.2) is 0 Å². The van der Waals surface area contributed by atoms with Gasteiger partial charge in [0.1, 0.15) is 0 Å². The normalized spacial score (nSPS) is 18.7. The van der Waals surface area contributed by atoms with Gasteiger partial charge in [0, 0.05) is 24.0 Å². The van der Waals surface area contributed by atoms with Gasteiger partial charge in [-0.05, 0) is 61.5 Å². The fourth-order valence-electron chi connectivity index (χ4n) is 3.09. The van der Waals surface area contributed by atoms with E-state index in [4.69, 9.17) is 0 Å². The van der Waals surface area contributed by atoms with Crippen LogP contribution < -0.4 is 5.32 Å². The van der Waals surface area contributed by atoms with E-state index < -0.39 is 0 Å². The molecule has 1 N–H and O–H groups in total. The highest BCUT2D eigenvalue weighted by Gasteiger charge is 2.24. The third-order valence-corrected chi connectivity index (χ3v) is 5.47. The summed E-state index contributed by atoms with van der Waals surface area (Å²) in [6.45, 7) is 5.62. The molecule has 0 spiro atoms. The predicted molar refractivity (Wildman–Crippen MR) is 90.9 cm³/mol. The zero-order valence-electron chi connectivity index (χ0n) is 12.9. The van der Waals surface area contributed by atoms with E-state index in [0.29, 0.717) is 6.04 Å². The Labute approximate surface area is 131 Å². The molecule has 2 aromatic rings. The van der Waals surface area contributed by atoms with Crippen LogP contribution >= 0.6 is 11.3 Å². The van der Waals surface area contributed by atoms with Crippen LogP contribution in [0.15, 0.2) is 35.7 Å². The summed E-state index contributed by atoms with van der Waals surface area (Å²) >= 11 is 1.91. The average molecular weight is 300 g/mol. The molecule has 1 unspecified atom stereocenters. The lowest BCUT2D eigenvalue weighted by Gasteiger charge is -2.33. The third kappa shape index (κ3) is 3.37. The Hall–Kier alpha value is -1.16.